The van der Waals surface area contributed by atoms with E-state index in [0.717, 1.165) is 24.2 Å². The van der Waals surface area contributed by atoms with Crippen LogP contribution in [0.3, 0.4) is 0 Å². The first-order valence-corrected chi connectivity index (χ1v) is 8.74. The van der Waals surface area contributed by atoms with Gasteiger partial charge in [-0.1, -0.05) is 20.3 Å². The highest BCUT2D eigenvalue weighted by molar-refractivity contribution is 4.85. The van der Waals surface area contributed by atoms with E-state index in [0.29, 0.717) is 12.6 Å². The van der Waals surface area contributed by atoms with Gasteiger partial charge in [0.2, 0.25) is 0 Å². The van der Waals surface area contributed by atoms with Gasteiger partial charge in [-0.05, 0) is 56.4 Å². The van der Waals surface area contributed by atoms with E-state index in [1.54, 1.807) is 0 Å². The van der Waals surface area contributed by atoms with Gasteiger partial charge in [0, 0.05) is 32.3 Å². The maximum absolute atomic E-state index is 9.06. The smallest absolute Gasteiger partial charge is 0.0431 e. The Morgan fingerprint density at radius 3 is 2.60 bits per heavy atom. The normalized spacial score (nSPS) is 28.8. The summed E-state index contributed by atoms with van der Waals surface area (Å²) in [7, 11) is 0. The molecule has 2 aliphatic rings. The number of hydrogen-bond acceptors (Lipinski definition) is 3. The van der Waals surface area contributed by atoms with Crippen LogP contribution in [-0.4, -0.2) is 48.8 Å². The molecule has 1 saturated heterocycles. The quantitative estimate of drug-likeness (QED) is 0.718. The maximum atomic E-state index is 9.06. The fraction of sp³-hybridized carbons (Fsp3) is 1.00. The molecule has 1 heterocycles. The van der Waals surface area contributed by atoms with Gasteiger partial charge in [0.05, 0.1) is 0 Å². The van der Waals surface area contributed by atoms with Gasteiger partial charge in [-0.25, -0.2) is 0 Å². The number of aliphatic hydroxyl groups is 1. The minimum absolute atomic E-state index is 0.348. The molecule has 3 heteroatoms. The summed E-state index contributed by atoms with van der Waals surface area (Å²) in [4.78, 5) is 2.65. The van der Waals surface area contributed by atoms with Crippen molar-refractivity contribution in [2.45, 2.75) is 58.4 Å². The van der Waals surface area contributed by atoms with Crippen molar-refractivity contribution in [3.05, 3.63) is 0 Å². The molecule has 2 N–H and O–H groups in total. The molecule has 3 nitrogen and oxygen atoms in total. The molecule has 0 amide bonds. The first kappa shape index (κ1) is 16.3. The molecule has 1 saturated carbocycles. The number of rotatable bonds is 8. The van der Waals surface area contributed by atoms with E-state index in [1.807, 2.05) is 0 Å². The zero-order valence-corrected chi connectivity index (χ0v) is 13.5. The molecule has 0 radical (unpaired) electrons. The van der Waals surface area contributed by atoms with Crippen LogP contribution in [0.1, 0.15) is 52.4 Å². The molecule has 118 valence electrons. The SMILES string of the molecule is CC(C)CN1CC(CCCO)CC(NCC2CCC2)C1. The van der Waals surface area contributed by atoms with E-state index in [2.05, 4.69) is 24.1 Å². The summed E-state index contributed by atoms with van der Waals surface area (Å²) < 4.78 is 0. The lowest BCUT2D eigenvalue weighted by Gasteiger charge is -2.40. The topological polar surface area (TPSA) is 35.5 Å². The van der Waals surface area contributed by atoms with E-state index in [1.165, 1.54) is 58.3 Å². The summed E-state index contributed by atoms with van der Waals surface area (Å²) in [5, 5.41) is 12.9. The summed E-state index contributed by atoms with van der Waals surface area (Å²) >= 11 is 0. The van der Waals surface area contributed by atoms with Gasteiger partial charge in [-0.2, -0.15) is 0 Å². The lowest BCUT2D eigenvalue weighted by Crippen LogP contribution is -2.51. The van der Waals surface area contributed by atoms with Crippen LogP contribution in [0.2, 0.25) is 0 Å². The predicted molar refractivity (Wildman–Crippen MR) is 84.8 cm³/mol. The molecule has 2 atom stereocenters. The highest BCUT2D eigenvalue weighted by atomic mass is 16.2. The summed E-state index contributed by atoms with van der Waals surface area (Å²) in [5.41, 5.74) is 0. The average molecular weight is 282 g/mol. The van der Waals surface area contributed by atoms with Crippen molar-refractivity contribution in [1.29, 1.82) is 0 Å². The van der Waals surface area contributed by atoms with Gasteiger partial charge in [0.1, 0.15) is 0 Å². The molecule has 2 fully saturated rings. The molecule has 0 spiro atoms. The molecule has 20 heavy (non-hydrogen) atoms. The largest absolute Gasteiger partial charge is 0.396 e. The molecular formula is C17H34N2O. The van der Waals surface area contributed by atoms with Gasteiger partial charge in [-0.3, -0.25) is 0 Å². The molecule has 0 aromatic rings. The van der Waals surface area contributed by atoms with Gasteiger partial charge >= 0.3 is 0 Å². The molecular weight excluding hydrogens is 248 g/mol. The van der Waals surface area contributed by atoms with Crippen molar-refractivity contribution in [2.24, 2.45) is 17.8 Å². The van der Waals surface area contributed by atoms with Crippen LogP contribution in [0.25, 0.3) is 0 Å². The van der Waals surface area contributed by atoms with Gasteiger partial charge in [0.15, 0.2) is 0 Å². The summed E-state index contributed by atoms with van der Waals surface area (Å²) in [6.07, 6.45) is 7.77. The predicted octanol–water partition coefficient (Wildman–Crippen LogP) is 2.50. The number of hydrogen-bond donors (Lipinski definition) is 2. The summed E-state index contributed by atoms with van der Waals surface area (Å²) in [5.74, 6) is 2.47. The number of nitrogens with one attached hydrogen (secondary N) is 1. The van der Waals surface area contributed by atoms with Crippen LogP contribution >= 0.6 is 0 Å². The van der Waals surface area contributed by atoms with Crippen LogP contribution in [-0.2, 0) is 0 Å². The van der Waals surface area contributed by atoms with Crippen molar-refractivity contribution in [3.63, 3.8) is 0 Å². The number of likely N-dealkylation sites (tertiary alicyclic amines) is 1. The Morgan fingerprint density at radius 2 is 2.00 bits per heavy atom. The van der Waals surface area contributed by atoms with E-state index < -0.39 is 0 Å². The third-order valence-electron chi connectivity index (χ3n) is 4.93. The van der Waals surface area contributed by atoms with Crippen molar-refractivity contribution < 1.29 is 5.11 Å². The molecule has 2 rings (SSSR count). The van der Waals surface area contributed by atoms with Crippen LogP contribution in [0.5, 0.6) is 0 Å². The zero-order valence-electron chi connectivity index (χ0n) is 13.5. The third-order valence-corrected chi connectivity index (χ3v) is 4.93. The fourth-order valence-corrected chi connectivity index (χ4v) is 3.74. The van der Waals surface area contributed by atoms with Crippen LogP contribution in [0.15, 0.2) is 0 Å². The second kappa shape index (κ2) is 8.35. The Hall–Kier alpha value is -0.120. The molecule has 0 bridgehead atoms. The molecule has 1 aliphatic heterocycles. The van der Waals surface area contributed by atoms with E-state index in [4.69, 9.17) is 5.11 Å². The maximum Gasteiger partial charge on any atom is 0.0431 e. The highest BCUT2D eigenvalue weighted by Gasteiger charge is 2.28. The zero-order chi connectivity index (χ0) is 14.4. The number of piperidine rings is 1. The lowest BCUT2D eigenvalue weighted by atomic mass is 9.84. The Morgan fingerprint density at radius 1 is 1.20 bits per heavy atom. The Kier molecular flexibility index (Phi) is 6.79. The Labute approximate surface area is 125 Å². The second-order valence-electron chi connectivity index (χ2n) is 7.48. The van der Waals surface area contributed by atoms with Crippen molar-refractivity contribution in [2.75, 3.05) is 32.8 Å². The van der Waals surface area contributed by atoms with Crippen LogP contribution in [0.4, 0.5) is 0 Å². The minimum atomic E-state index is 0.348. The number of nitrogens with zero attached hydrogens (tertiary/aromatic N) is 1. The van der Waals surface area contributed by atoms with Crippen LogP contribution in [0, 0.1) is 17.8 Å². The van der Waals surface area contributed by atoms with Crippen LogP contribution < -0.4 is 5.32 Å². The minimum Gasteiger partial charge on any atom is -0.396 e. The van der Waals surface area contributed by atoms with Gasteiger partial charge < -0.3 is 15.3 Å². The van der Waals surface area contributed by atoms with E-state index in [9.17, 15) is 0 Å². The first-order chi connectivity index (χ1) is 9.67. The van der Waals surface area contributed by atoms with Crippen molar-refractivity contribution in [1.82, 2.24) is 10.2 Å². The summed E-state index contributed by atoms with van der Waals surface area (Å²) in [6, 6.07) is 0.673. The molecule has 1 aliphatic carbocycles. The lowest BCUT2D eigenvalue weighted by molar-refractivity contribution is 0.114. The second-order valence-corrected chi connectivity index (χ2v) is 7.48. The average Bonchev–Trinajstić information content (AvgIpc) is 2.33. The third kappa shape index (κ3) is 5.34. The molecule has 0 aromatic carbocycles. The highest BCUT2D eigenvalue weighted by Crippen LogP contribution is 2.27. The van der Waals surface area contributed by atoms with E-state index in [-0.39, 0.29) is 0 Å². The molecule has 2 unspecified atom stereocenters. The Balaban J connectivity index is 1.78. The number of aliphatic hydroxyl groups excluding tert-OH is 1. The Bertz CT molecular complexity index is 266. The van der Waals surface area contributed by atoms with Crippen molar-refractivity contribution in [3.8, 4) is 0 Å². The van der Waals surface area contributed by atoms with E-state index >= 15 is 0 Å². The van der Waals surface area contributed by atoms with Gasteiger partial charge in [-0.15, -0.1) is 0 Å². The standard InChI is InChI=1S/C17H34N2O/c1-14(2)11-19-12-16(7-4-8-20)9-17(13-19)18-10-15-5-3-6-15/h14-18,20H,3-13H2,1-2H3. The van der Waals surface area contributed by atoms with Crippen molar-refractivity contribution >= 4 is 0 Å². The summed E-state index contributed by atoms with van der Waals surface area (Å²) in [6.45, 7) is 9.88. The first-order valence-electron chi connectivity index (χ1n) is 8.74. The fourth-order valence-electron chi connectivity index (χ4n) is 3.74. The molecule has 0 aromatic heterocycles. The van der Waals surface area contributed by atoms with Gasteiger partial charge in [0.25, 0.3) is 0 Å². The monoisotopic (exact) mass is 282 g/mol.